The van der Waals surface area contributed by atoms with E-state index in [1.165, 1.54) is 10.8 Å². The van der Waals surface area contributed by atoms with Crippen molar-refractivity contribution in [3.05, 3.63) is 44.8 Å². The zero-order chi connectivity index (χ0) is 11.7. The van der Waals surface area contributed by atoms with Gasteiger partial charge in [0.05, 0.1) is 6.61 Å². The fourth-order valence-corrected chi connectivity index (χ4v) is 1.53. The molecule has 0 saturated carbocycles. The highest BCUT2D eigenvalue weighted by Crippen LogP contribution is 2.18. The van der Waals surface area contributed by atoms with Crippen LogP contribution in [-0.2, 0) is 4.74 Å². The fourth-order valence-electron chi connectivity index (χ4n) is 1.53. The summed E-state index contributed by atoms with van der Waals surface area (Å²) in [6.07, 6.45) is 3.82. The van der Waals surface area contributed by atoms with Gasteiger partial charge in [0.2, 0.25) is 0 Å². The first-order chi connectivity index (χ1) is 7.61. The number of hydrogen-bond donors (Lipinski definition) is 2. The summed E-state index contributed by atoms with van der Waals surface area (Å²) in [5.74, 6) is 0. The minimum Gasteiger partial charge on any atom is -0.393 e. The molecule has 86 valence electrons. The van der Waals surface area contributed by atoms with Crippen molar-refractivity contribution in [1.29, 1.82) is 0 Å². The Bertz CT molecular complexity index is 528. The van der Waals surface area contributed by atoms with Crippen LogP contribution in [0.3, 0.4) is 0 Å². The number of aliphatic hydroxyl groups is 1. The molecule has 2 N–H and O–H groups in total. The Morgan fingerprint density at radius 1 is 1.50 bits per heavy atom. The normalized spacial score (nSPS) is 23.9. The monoisotopic (exact) mass is 224 g/mol. The van der Waals surface area contributed by atoms with Crippen molar-refractivity contribution in [2.24, 2.45) is 0 Å². The van der Waals surface area contributed by atoms with Crippen molar-refractivity contribution in [2.75, 3.05) is 6.61 Å². The highest BCUT2D eigenvalue weighted by atomic mass is 16.5. The minimum atomic E-state index is -0.569. The molecule has 2 rings (SSSR count). The summed E-state index contributed by atoms with van der Waals surface area (Å²) >= 11 is 0. The summed E-state index contributed by atoms with van der Waals surface area (Å²) in [5, 5.41) is 8.88. The predicted octanol–water partition coefficient (Wildman–Crippen LogP) is -0.709. The number of aromatic amines is 1. The van der Waals surface area contributed by atoms with Gasteiger partial charge in [0.25, 0.3) is 5.56 Å². The van der Waals surface area contributed by atoms with E-state index < -0.39 is 23.6 Å². The highest BCUT2D eigenvalue weighted by molar-refractivity contribution is 5.06. The van der Waals surface area contributed by atoms with Gasteiger partial charge in [-0.25, -0.2) is 4.79 Å². The zero-order valence-electron chi connectivity index (χ0n) is 8.71. The van der Waals surface area contributed by atoms with Crippen LogP contribution in [0.5, 0.6) is 0 Å². The number of nitrogens with zero attached hydrogens (tertiary/aromatic N) is 1. The molecule has 6 nitrogen and oxygen atoms in total. The van der Waals surface area contributed by atoms with Crippen molar-refractivity contribution in [3.63, 3.8) is 0 Å². The molecule has 1 aromatic rings. The maximum absolute atomic E-state index is 11.5. The SMILES string of the molecule is Cc1cn([C@H]2C=C[C@H](CO)O2)c(=O)[nH]c1=O. The molecule has 0 unspecified atom stereocenters. The summed E-state index contributed by atoms with van der Waals surface area (Å²) in [6.45, 7) is 1.47. The van der Waals surface area contributed by atoms with E-state index in [2.05, 4.69) is 4.98 Å². The van der Waals surface area contributed by atoms with Crippen LogP contribution in [0.15, 0.2) is 27.9 Å². The van der Waals surface area contributed by atoms with Crippen molar-refractivity contribution in [3.8, 4) is 0 Å². The average Bonchev–Trinajstić information content (AvgIpc) is 2.71. The summed E-state index contributed by atoms with van der Waals surface area (Å²) in [7, 11) is 0. The van der Waals surface area contributed by atoms with Gasteiger partial charge in [-0.15, -0.1) is 0 Å². The van der Waals surface area contributed by atoms with Gasteiger partial charge in [-0.05, 0) is 13.0 Å². The number of hydrogen-bond acceptors (Lipinski definition) is 4. The summed E-state index contributed by atoms with van der Waals surface area (Å²) in [6, 6.07) is 0. The number of H-pyrrole nitrogens is 1. The lowest BCUT2D eigenvalue weighted by molar-refractivity contribution is -0.0104. The van der Waals surface area contributed by atoms with Gasteiger partial charge in [0.15, 0.2) is 6.23 Å². The third-order valence-corrected chi connectivity index (χ3v) is 2.40. The third-order valence-electron chi connectivity index (χ3n) is 2.40. The molecule has 6 heteroatoms. The third kappa shape index (κ3) is 1.84. The molecule has 1 aliphatic rings. The van der Waals surface area contributed by atoms with Crippen LogP contribution in [0.2, 0.25) is 0 Å². The van der Waals surface area contributed by atoms with E-state index in [1.807, 2.05) is 0 Å². The van der Waals surface area contributed by atoms with Gasteiger partial charge < -0.3 is 9.84 Å². The molecular formula is C10H12N2O4. The van der Waals surface area contributed by atoms with Gasteiger partial charge in [-0.2, -0.15) is 0 Å². The largest absolute Gasteiger partial charge is 0.393 e. The number of nitrogens with one attached hydrogen (secondary N) is 1. The number of rotatable bonds is 2. The first kappa shape index (κ1) is 10.8. The quantitative estimate of drug-likeness (QED) is 0.650. The molecule has 0 bridgehead atoms. The second kappa shape index (κ2) is 4.07. The molecule has 0 amide bonds. The Kier molecular flexibility index (Phi) is 2.76. The summed E-state index contributed by atoms with van der Waals surface area (Å²) in [4.78, 5) is 24.9. The molecule has 1 aliphatic heterocycles. The van der Waals surface area contributed by atoms with Crippen LogP contribution in [0.1, 0.15) is 11.8 Å². The smallest absolute Gasteiger partial charge is 0.330 e. The molecule has 0 aromatic carbocycles. The lowest BCUT2D eigenvalue weighted by Crippen LogP contribution is -2.33. The number of aryl methyl sites for hydroxylation is 1. The second-order valence-electron chi connectivity index (χ2n) is 3.61. The van der Waals surface area contributed by atoms with E-state index in [9.17, 15) is 9.59 Å². The van der Waals surface area contributed by atoms with Crippen molar-refractivity contribution < 1.29 is 9.84 Å². The van der Waals surface area contributed by atoms with E-state index in [0.717, 1.165) is 0 Å². The van der Waals surface area contributed by atoms with Crippen LogP contribution in [0.25, 0.3) is 0 Å². The molecule has 0 fully saturated rings. The standard InChI is InChI=1S/C10H12N2O4/c1-6-4-12(10(15)11-9(6)14)8-3-2-7(5-13)16-8/h2-4,7-8,13H,5H2,1H3,(H,11,14,15)/t7-,8-/m1/s1. The van der Waals surface area contributed by atoms with Gasteiger partial charge in [0, 0.05) is 11.8 Å². The Hall–Kier alpha value is -1.66. The molecule has 16 heavy (non-hydrogen) atoms. The van der Waals surface area contributed by atoms with Crippen LogP contribution < -0.4 is 11.2 Å². The molecule has 0 aliphatic carbocycles. The van der Waals surface area contributed by atoms with E-state index in [1.54, 1.807) is 19.1 Å². The predicted molar refractivity (Wildman–Crippen MR) is 56.2 cm³/mol. The van der Waals surface area contributed by atoms with E-state index in [4.69, 9.17) is 9.84 Å². The maximum Gasteiger partial charge on any atom is 0.330 e. The Balaban J connectivity index is 2.36. The van der Waals surface area contributed by atoms with Crippen molar-refractivity contribution in [1.82, 2.24) is 9.55 Å². The first-order valence-electron chi connectivity index (χ1n) is 4.88. The van der Waals surface area contributed by atoms with Gasteiger partial charge in [-0.3, -0.25) is 14.3 Å². The molecular weight excluding hydrogens is 212 g/mol. The Labute approximate surface area is 90.8 Å². The zero-order valence-corrected chi connectivity index (χ0v) is 8.71. The molecule has 0 saturated heterocycles. The number of aliphatic hydroxyl groups excluding tert-OH is 1. The Morgan fingerprint density at radius 2 is 2.25 bits per heavy atom. The Morgan fingerprint density at radius 3 is 2.88 bits per heavy atom. The van der Waals surface area contributed by atoms with Crippen LogP contribution in [0.4, 0.5) is 0 Å². The topological polar surface area (TPSA) is 84.3 Å². The maximum atomic E-state index is 11.5. The average molecular weight is 224 g/mol. The fraction of sp³-hybridized carbons (Fsp3) is 0.400. The minimum absolute atomic E-state index is 0.135. The summed E-state index contributed by atoms with van der Waals surface area (Å²) in [5.41, 5.74) is -0.491. The molecule has 0 radical (unpaired) electrons. The van der Waals surface area contributed by atoms with E-state index in [-0.39, 0.29) is 6.61 Å². The van der Waals surface area contributed by atoms with Crippen LogP contribution in [0, 0.1) is 6.92 Å². The second-order valence-corrected chi connectivity index (χ2v) is 3.61. The van der Waals surface area contributed by atoms with Crippen molar-refractivity contribution >= 4 is 0 Å². The molecule has 2 atom stereocenters. The van der Waals surface area contributed by atoms with Crippen molar-refractivity contribution in [2.45, 2.75) is 19.3 Å². The van der Waals surface area contributed by atoms with Gasteiger partial charge in [0.1, 0.15) is 6.10 Å². The molecule has 1 aromatic heterocycles. The molecule has 0 spiro atoms. The number of ether oxygens (including phenoxy) is 1. The summed E-state index contributed by atoms with van der Waals surface area (Å²) < 4.78 is 6.63. The van der Waals surface area contributed by atoms with E-state index >= 15 is 0 Å². The van der Waals surface area contributed by atoms with Gasteiger partial charge in [-0.1, -0.05) is 6.08 Å². The van der Waals surface area contributed by atoms with E-state index in [0.29, 0.717) is 5.56 Å². The molecule has 2 heterocycles. The lowest BCUT2D eigenvalue weighted by Gasteiger charge is -2.14. The van der Waals surface area contributed by atoms with Crippen LogP contribution in [-0.4, -0.2) is 27.4 Å². The van der Waals surface area contributed by atoms with Crippen LogP contribution >= 0.6 is 0 Å². The van der Waals surface area contributed by atoms with Gasteiger partial charge >= 0.3 is 5.69 Å². The first-order valence-corrected chi connectivity index (χ1v) is 4.88. The number of aromatic nitrogens is 2. The lowest BCUT2D eigenvalue weighted by atomic mass is 10.3. The highest BCUT2D eigenvalue weighted by Gasteiger charge is 2.20.